The highest BCUT2D eigenvalue weighted by atomic mass is 15.1. The minimum absolute atomic E-state index is 1.15. The van der Waals surface area contributed by atoms with Gasteiger partial charge in [0.05, 0.1) is 5.69 Å². The van der Waals surface area contributed by atoms with E-state index in [1.165, 1.54) is 200 Å². The molecule has 0 aliphatic carbocycles. The van der Waals surface area contributed by atoms with Crippen molar-refractivity contribution in [3.05, 3.63) is 42.0 Å². The Kier molecular flexibility index (Phi) is 22.3. The minimum atomic E-state index is 1.15. The van der Waals surface area contributed by atoms with E-state index in [0.29, 0.717) is 0 Å². The van der Waals surface area contributed by atoms with E-state index in [4.69, 9.17) is 0 Å². The Morgan fingerprint density at radius 2 is 0.673 bits per heavy atom. The summed E-state index contributed by atoms with van der Waals surface area (Å²) in [6, 6.07) is 15.4. The molecule has 0 fully saturated rings. The molecule has 0 spiro atoms. The number of hydrogen-bond acceptors (Lipinski definition) is 3. The fraction of sp³-hybridized carbons (Fsp3) is 0.714. The molecule has 0 N–H and O–H groups in total. The molecule has 3 heteroatoms. The molecule has 0 bridgehead atoms. The fourth-order valence-electron chi connectivity index (χ4n) is 8.22. The first-order valence-corrected chi connectivity index (χ1v) is 22.8. The Morgan fingerprint density at radius 1 is 0.327 bits per heavy atom. The maximum Gasteiger partial charge on any atom is 0.0526 e. The van der Waals surface area contributed by atoms with Crippen LogP contribution < -0.4 is 14.7 Å². The van der Waals surface area contributed by atoms with Crippen LogP contribution in [0.3, 0.4) is 0 Å². The number of hydrogen-bond donors (Lipinski definition) is 0. The molecule has 3 aromatic rings. The Bertz CT molecular complexity index is 1330. The van der Waals surface area contributed by atoms with Gasteiger partial charge in [0.2, 0.25) is 0 Å². The van der Waals surface area contributed by atoms with Crippen molar-refractivity contribution >= 4 is 38.6 Å². The van der Waals surface area contributed by atoms with Crippen molar-refractivity contribution in [1.29, 1.82) is 0 Å². The van der Waals surface area contributed by atoms with E-state index in [1.54, 1.807) is 5.56 Å². The van der Waals surface area contributed by atoms with Gasteiger partial charge in [0.1, 0.15) is 0 Å². The zero-order chi connectivity index (χ0) is 37.4. The topological polar surface area (TPSA) is 9.72 Å². The first-order chi connectivity index (χ1) is 25.6. The second-order valence-electron chi connectivity index (χ2n) is 15.9. The molecule has 0 heterocycles. The molecule has 3 rings (SSSR count). The van der Waals surface area contributed by atoms with Gasteiger partial charge in [0, 0.05) is 61.4 Å². The lowest BCUT2D eigenvalue weighted by atomic mass is 9.90. The molecule has 0 aliphatic rings. The monoisotopic (exact) mass is 714 g/mol. The molecule has 3 aromatic carbocycles. The van der Waals surface area contributed by atoms with E-state index in [9.17, 15) is 0 Å². The lowest BCUT2D eigenvalue weighted by Crippen LogP contribution is -2.27. The van der Waals surface area contributed by atoms with Gasteiger partial charge in [-0.15, -0.1) is 0 Å². The van der Waals surface area contributed by atoms with Crippen LogP contribution in [0.25, 0.3) is 21.5 Å². The number of fused-ring (bicyclic) bond motifs is 2. The third-order valence-corrected chi connectivity index (χ3v) is 11.4. The van der Waals surface area contributed by atoms with Crippen LogP contribution in [0.2, 0.25) is 0 Å². The van der Waals surface area contributed by atoms with Gasteiger partial charge in [0.25, 0.3) is 0 Å². The number of nitrogens with zero attached hydrogens (tertiary/aromatic N) is 3. The highest BCUT2D eigenvalue weighted by Gasteiger charge is 2.21. The van der Waals surface area contributed by atoms with Crippen LogP contribution in [0, 0.1) is 0 Å². The van der Waals surface area contributed by atoms with Crippen LogP contribution in [-0.4, -0.2) is 39.3 Å². The lowest BCUT2D eigenvalue weighted by molar-refractivity contribution is 0.636. The van der Waals surface area contributed by atoms with Crippen molar-refractivity contribution in [1.82, 2.24) is 0 Å². The molecule has 0 atom stereocenters. The maximum absolute atomic E-state index is 2.84. The predicted molar refractivity (Wildman–Crippen MR) is 238 cm³/mol. The molecule has 0 aromatic heterocycles. The summed E-state index contributed by atoms with van der Waals surface area (Å²) in [5.41, 5.74) is 6.01. The Balaban J connectivity index is 2.34. The zero-order valence-electron chi connectivity index (χ0n) is 35.6. The van der Waals surface area contributed by atoms with Gasteiger partial charge >= 0.3 is 0 Å². The summed E-state index contributed by atoms with van der Waals surface area (Å²) in [5, 5.41) is 6.05. The summed E-state index contributed by atoms with van der Waals surface area (Å²) >= 11 is 0. The van der Waals surface area contributed by atoms with Gasteiger partial charge < -0.3 is 14.7 Å². The van der Waals surface area contributed by atoms with E-state index in [1.807, 2.05) is 0 Å². The molecular weight excluding hydrogens is 631 g/mol. The first-order valence-electron chi connectivity index (χ1n) is 22.8. The molecule has 0 aliphatic heterocycles. The predicted octanol–water partition coefficient (Wildman–Crippen LogP) is 15.3. The third-order valence-electron chi connectivity index (χ3n) is 11.4. The van der Waals surface area contributed by atoms with Crippen LogP contribution in [0.15, 0.2) is 36.4 Å². The van der Waals surface area contributed by atoms with Crippen LogP contribution in [0.5, 0.6) is 0 Å². The van der Waals surface area contributed by atoms with Gasteiger partial charge in [-0.2, -0.15) is 0 Å². The van der Waals surface area contributed by atoms with Gasteiger partial charge in [-0.25, -0.2) is 0 Å². The lowest BCUT2D eigenvalue weighted by Gasteiger charge is -2.32. The number of aryl methyl sites for hydroxylation is 1. The number of unbranched alkanes of at least 4 members (excludes halogenated alkanes) is 14. The van der Waals surface area contributed by atoms with Gasteiger partial charge in [-0.1, -0.05) is 150 Å². The third kappa shape index (κ3) is 13.8. The Hall–Kier alpha value is -2.42. The number of benzene rings is 3. The summed E-state index contributed by atoms with van der Waals surface area (Å²) in [7, 11) is 0. The van der Waals surface area contributed by atoms with Crippen molar-refractivity contribution in [3.8, 4) is 0 Å². The largest absolute Gasteiger partial charge is 0.372 e. The molecule has 52 heavy (non-hydrogen) atoms. The average molecular weight is 714 g/mol. The molecule has 0 saturated heterocycles. The second-order valence-corrected chi connectivity index (χ2v) is 15.9. The Morgan fingerprint density at radius 3 is 1.08 bits per heavy atom. The number of rotatable bonds is 31. The van der Waals surface area contributed by atoms with Crippen LogP contribution in [0.4, 0.5) is 17.1 Å². The van der Waals surface area contributed by atoms with E-state index in [0.717, 1.165) is 19.5 Å². The van der Waals surface area contributed by atoms with Crippen LogP contribution >= 0.6 is 0 Å². The molecule has 294 valence electrons. The summed E-state index contributed by atoms with van der Waals surface area (Å²) in [6.45, 7) is 23.4. The summed E-state index contributed by atoms with van der Waals surface area (Å²) in [4.78, 5) is 8.31. The first kappa shape index (κ1) is 44.0. The fourth-order valence-corrected chi connectivity index (χ4v) is 8.22. The van der Waals surface area contributed by atoms with Gasteiger partial charge in [-0.05, 0) is 92.0 Å². The van der Waals surface area contributed by atoms with E-state index in [-0.39, 0.29) is 0 Å². The standard InChI is InChI=1S/C49H83N3/c1-8-15-22-29-44-45-32-30-43(51(36-25-18-11-4)37-26-19-12-5)41-48(45)49(52(38-27-20-13-6)39-28-21-14-7)46-33-31-42(40-47(44)46)50(34-23-16-9-2)35-24-17-10-3/h30-33,40-41H,8-29,34-39H2,1-7H3. The minimum Gasteiger partial charge on any atom is -0.372 e. The normalized spacial score (nSPS) is 11.6. The van der Waals surface area contributed by atoms with Crippen molar-refractivity contribution < 1.29 is 0 Å². The highest BCUT2D eigenvalue weighted by molar-refractivity contribution is 6.15. The molecular formula is C49H83N3. The van der Waals surface area contributed by atoms with Crippen LogP contribution in [0.1, 0.15) is 189 Å². The van der Waals surface area contributed by atoms with Crippen molar-refractivity contribution in [2.45, 2.75) is 190 Å². The summed E-state index contributed by atoms with van der Waals surface area (Å²) in [5.74, 6) is 0. The molecule has 0 unspecified atom stereocenters. The van der Waals surface area contributed by atoms with Gasteiger partial charge in [-0.3, -0.25) is 0 Å². The van der Waals surface area contributed by atoms with Crippen molar-refractivity contribution in [2.24, 2.45) is 0 Å². The van der Waals surface area contributed by atoms with E-state index in [2.05, 4.69) is 99.6 Å². The zero-order valence-corrected chi connectivity index (χ0v) is 35.6. The van der Waals surface area contributed by atoms with Crippen LogP contribution in [-0.2, 0) is 6.42 Å². The molecule has 0 saturated carbocycles. The second kappa shape index (κ2) is 26.4. The maximum atomic E-state index is 2.84. The Labute approximate surface area is 323 Å². The van der Waals surface area contributed by atoms with Gasteiger partial charge in [0.15, 0.2) is 0 Å². The summed E-state index contributed by atoms with van der Waals surface area (Å²) < 4.78 is 0. The van der Waals surface area contributed by atoms with E-state index >= 15 is 0 Å². The summed E-state index contributed by atoms with van der Waals surface area (Å²) in [6.07, 6.45) is 28.2. The van der Waals surface area contributed by atoms with E-state index < -0.39 is 0 Å². The molecule has 0 amide bonds. The SMILES string of the molecule is CCCCCc1c2cc(N(CCCCC)CCCCC)ccc2c(N(CCCCC)CCCCC)c2cc(N(CCCCC)CCCCC)ccc12. The smallest absolute Gasteiger partial charge is 0.0526 e. The molecule has 3 nitrogen and oxygen atoms in total. The quantitative estimate of drug-likeness (QED) is 0.0485. The van der Waals surface area contributed by atoms with Crippen molar-refractivity contribution in [2.75, 3.05) is 54.0 Å². The highest BCUT2D eigenvalue weighted by Crippen LogP contribution is 2.43. The molecule has 0 radical (unpaired) electrons. The number of anilines is 3. The van der Waals surface area contributed by atoms with Crippen molar-refractivity contribution in [3.63, 3.8) is 0 Å². The average Bonchev–Trinajstić information content (AvgIpc) is 3.16.